The summed E-state index contributed by atoms with van der Waals surface area (Å²) in [5, 5.41) is 0. The Morgan fingerprint density at radius 2 is 1.57 bits per heavy atom. The third-order valence-electron chi connectivity index (χ3n) is 4.39. The van der Waals surface area contributed by atoms with Gasteiger partial charge in [-0.1, -0.05) is 29.8 Å². The van der Waals surface area contributed by atoms with Crippen LogP contribution in [-0.2, 0) is 0 Å². The lowest BCUT2D eigenvalue weighted by Gasteiger charge is -2.23. The second-order valence-corrected chi connectivity index (χ2v) is 7.62. The van der Waals surface area contributed by atoms with Crippen molar-refractivity contribution in [2.75, 3.05) is 24.2 Å². The van der Waals surface area contributed by atoms with Gasteiger partial charge in [0.1, 0.15) is 11.4 Å². The molecule has 0 bridgehead atoms. The first-order valence-electron chi connectivity index (χ1n) is 9.06. The van der Waals surface area contributed by atoms with Crippen LogP contribution >= 0.6 is 11.8 Å². The van der Waals surface area contributed by atoms with Gasteiger partial charge in [-0.2, -0.15) is 0 Å². The fourth-order valence-electron chi connectivity index (χ4n) is 3.54. The number of halogens is 4. The Balaban J connectivity index is 0.000000500. The van der Waals surface area contributed by atoms with Crippen molar-refractivity contribution in [3.8, 4) is 0 Å². The van der Waals surface area contributed by atoms with E-state index in [-0.39, 0.29) is 0 Å². The van der Waals surface area contributed by atoms with E-state index in [1.807, 2.05) is 11.8 Å². The summed E-state index contributed by atoms with van der Waals surface area (Å²) in [4.78, 5) is 3.73. The van der Waals surface area contributed by atoms with Crippen molar-refractivity contribution in [3.05, 3.63) is 53.1 Å². The van der Waals surface area contributed by atoms with E-state index in [0.29, 0.717) is 0 Å². The standard InChI is InChI=1S/C20H25N2S.BF4/c1-15-12-16(2)20(17(3)13-15)22-11-7-10-21(14-22)18-8-5-6-9-19(18)23-4;2-1(3,4)5/h5-6,8-9,12-14H,7,10-11H2,1-4H3;/q+1;-1. The first kappa shape index (κ1) is 22.3. The quantitative estimate of drug-likeness (QED) is 0.256. The molecule has 8 heteroatoms. The van der Waals surface area contributed by atoms with Crippen molar-refractivity contribution in [3.63, 3.8) is 0 Å². The summed E-state index contributed by atoms with van der Waals surface area (Å²) >= 11 is 1.81. The highest BCUT2D eigenvalue weighted by Crippen LogP contribution is 2.30. The van der Waals surface area contributed by atoms with Crippen molar-refractivity contribution < 1.29 is 21.8 Å². The molecule has 0 radical (unpaired) electrons. The summed E-state index contributed by atoms with van der Waals surface area (Å²) < 4.78 is 41.4. The molecular weight excluding hydrogens is 387 g/mol. The van der Waals surface area contributed by atoms with Gasteiger partial charge >= 0.3 is 7.25 Å². The molecular formula is C20H25BF4N2S. The van der Waals surface area contributed by atoms with Crippen LogP contribution in [0.4, 0.5) is 28.6 Å². The van der Waals surface area contributed by atoms with Crippen LogP contribution in [0.5, 0.6) is 0 Å². The van der Waals surface area contributed by atoms with Gasteiger partial charge in [-0.25, -0.2) is 9.48 Å². The van der Waals surface area contributed by atoms with E-state index in [2.05, 4.69) is 79.2 Å². The normalized spacial score (nSPS) is 14.3. The monoisotopic (exact) mass is 412 g/mol. The van der Waals surface area contributed by atoms with Gasteiger partial charge in [-0.05, 0) is 50.3 Å². The van der Waals surface area contributed by atoms with Gasteiger partial charge < -0.3 is 17.3 Å². The van der Waals surface area contributed by atoms with E-state index in [0.717, 1.165) is 13.1 Å². The van der Waals surface area contributed by atoms with E-state index in [4.69, 9.17) is 0 Å². The van der Waals surface area contributed by atoms with E-state index in [9.17, 15) is 17.3 Å². The minimum absolute atomic E-state index is 1.08. The minimum atomic E-state index is -6.00. The highest BCUT2D eigenvalue weighted by molar-refractivity contribution is 7.98. The molecule has 2 aromatic rings. The van der Waals surface area contributed by atoms with Crippen molar-refractivity contribution in [1.82, 2.24) is 0 Å². The molecule has 0 amide bonds. The molecule has 0 saturated carbocycles. The largest absolute Gasteiger partial charge is 0.673 e. The topological polar surface area (TPSA) is 6.25 Å². The number of rotatable bonds is 3. The molecule has 3 rings (SSSR count). The molecule has 28 heavy (non-hydrogen) atoms. The van der Waals surface area contributed by atoms with Gasteiger partial charge in [0.05, 0.1) is 18.0 Å². The molecule has 0 spiro atoms. The smallest absolute Gasteiger partial charge is 0.418 e. The summed E-state index contributed by atoms with van der Waals surface area (Å²) in [6.45, 7) is 8.78. The second-order valence-electron chi connectivity index (χ2n) is 6.77. The first-order valence-corrected chi connectivity index (χ1v) is 10.3. The maximum atomic E-state index is 9.75. The zero-order valence-corrected chi connectivity index (χ0v) is 17.4. The number of hydrogen-bond acceptors (Lipinski definition) is 2. The van der Waals surface area contributed by atoms with Crippen LogP contribution in [-0.4, -0.2) is 37.5 Å². The van der Waals surface area contributed by atoms with Crippen molar-refractivity contribution in [1.29, 1.82) is 0 Å². The van der Waals surface area contributed by atoms with Crippen LogP contribution < -0.4 is 4.90 Å². The fourth-order valence-corrected chi connectivity index (χ4v) is 4.15. The van der Waals surface area contributed by atoms with Gasteiger partial charge in [0.25, 0.3) is 0 Å². The Labute approximate surface area is 168 Å². The summed E-state index contributed by atoms with van der Waals surface area (Å²) in [5.74, 6) is 0. The predicted octanol–water partition coefficient (Wildman–Crippen LogP) is 6.22. The Morgan fingerprint density at radius 1 is 1.00 bits per heavy atom. The third kappa shape index (κ3) is 6.29. The predicted molar refractivity (Wildman–Crippen MR) is 112 cm³/mol. The lowest BCUT2D eigenvalue weighted by Crippen LogP contribution is -2.35. The Kier molecular flexibility index (Phi) is 7.58. The molecule has 1 heterocycles. The maximum absolute atomic E-state index is 9.75. The number of para-hydroxylation sites is 1. The molecule has 0 atom stereocenters. The van der Waals surface area contributed by atoms with Crippen LogP contribution in [0, 0.1) is 20.8 Å². The first-order chi connectivity index (χ1) is 13.1. The zero-order valence-electron chi connectivity index (χ0n) is 16.6. The minimum Gasteiger partial charge on any atom is -0.418 e. The van der Waals surface area contributed by atoms with Gasteiger partial charge in [-0.15, -0.1) is 11.8 Å². The number of aryl methyl sites for hydroxylation is 3. The van der Waals surface area contributed by atoms with E-state index in [1.54, 1.807) is 0 Å². The molecule has 0 aromatic heterocycles. The molecule has 0 saturated heterocycles. The van der Waals surface area contributed by atoms with Crippen LogP contribution in [0.3, 0.4) is 0 Å². The van der Waals surface area contributed by atoms with Gasteiger partial charge in [0.15, 0.2) is 0 Å². The number of thioether (sulfide) groups is 1. The SMILES string of the molecule is CSc1ccccc1N1C=[N+](c2c(C)cc(C)cc2C)CCC1.F[B-](F)(F)F. The average molecular weight is 412 g/mol. The highest BCUT2D eigenvalue weighted by atomic mass is 32.2. The Morgan fingerprint density at radius 3 is 2.14 bits per heavy atom. The van der Waals surface area contributed by atoms with E-state index in [1.165, 1.54) is 39.4 Å². The van der Waals surface area contributed by atoms with Gasteiger partial charge in [-0.3, -0.25) is 0 Å². The summed E-state index contributed by atoms with van der Waals surface area (Å²) in [5.41, 5.74) is 6.73. The number of hydrogen-bond donors (Lipinski definition) is 0. The summed E-state index contributed by atoms with van der Waals surface area (Å²) in [6, 6.07) is 13.2. The lowest BCUT2D eigenvalue weighted by molar-refractivity contribution is -0.441. The summed E-state index contributed by atoms with van der Waals surface area (Å²) in [7, 11) is -6.00. The van der Waals surface area contributed by atoms with Crippen molar-refractivity contribution >= 4 is 36.7 Å². The average Bonchev–Trinajstić information content (AvgIpc) is 2.59. The number of benzene rings is 2. The Bertz CT molecular complexity index is 823. The Hall–Kier alpha value is -1.96. The highest BCUT2D eigenvalue weighted by Gasteiger charge is 2.23. The van der Waals surface area contributed by atoms with Crippen LogP contribution in [0.15, 0.2) is 41.3 Å². The molecule has 2 aromatic carbocycles. The van der Waals surface area contributed by atoms with E-state index >= 15 is 0 Å². The van der Waals surface area contributed by atoms with E-state index < -0.39 is 7.25 Å². The maximum Gasteiger partial charge on any atom is 0.673 e. The molecule has 152 valence electrons. The van der Waals surface area contributed by atoms with Gasteiger partial charge in [0.2, 0.25) is 6.34 Å². The second kappa shape index (κ2) is 9.50. The number of anilines is 1. The third-order valence-corrected chi connectivity index (χ3v) is 5.18. The molecule has 1 aliphatic rings. The van der Waals surface area contributed by atoms with Crippen LogP contribution in [0.1, 0.15) is 23.1 Å². The van der Waals surface area contributed by atoms with Gasteiger partial charge in [0, 0.05) is 6.42 Å². The summed E-state index contributed by atoms with van der Waals surface area (Å²) in [6.07, 6.45) is 5.62. The van der Waals surface area contributed by atoms with Crippen LogP contribution in [0.25, 0.3) is 0 Å². The zero-order chi connectivity index (χ0) is 20.9. The molecule has 0 unspecified atom stereocenters. The molecule has 0 fully saturated rings. The van der Waals surface area contributed by atoms with Crippen LogP contribution in [0.2, 0.25) is 0 Å². The van der Waals surface area contributed by atoms with Crippen molar-refractivity contribution in [2.45, 2.75) is 32.1 Å². The molecule has 1 aliphatic heterocycles. The lowest BCUT2D eigenvalue weighted by atomic mass is 10.0. The molecule has 0 N–H and O–H groups in total. The van der Waals surface area contributed by atoms with Crippen molar-refractivity contribution in [2.24, 2.45) is 0 Å². The molecule has 2 nitrogen and oxygen atoms in total. The number of nitrogens with zero attached hydrogens (tertiary/aromatic N) is 2. The fraction of sp³-hybridized carbons (Fsp3) is 0.350. The molecule has 0 aliphatic carbocycles.